The SMILES string of the molecule is CC(C)Oc1ccc2ccccc2c1CNC1CCC(C(=O)O)CC1.O=C(O)C(F)(F)F. The molecule has 0 bridgehead atoms. The number of nitrogens with one attached hydrogen (secondary N) is 1. The highest BCUT2D eigenvalue weighted by atomic mass is 19.4. The zero-order valence-electron chi connectivity index (χ0n) is 18.0. The number of rotatable bonds is 6. The quantitative estimate of drug-likeness (QED) is 0.568. The number of ether oxygens (including phenoxy) is 1. The van der Waals surface area contributed by atoms with Crippen molar-refractivity contribution in [2.75, 3.05) is 0 Å². The summed E-state index contributed by atoms with van der Waals surface area (Å²) < 4.78 is 37.8. The molecule has 0 aromatic heterocycles. The largest absolute Gasteiger partial charge is 0.491 e. The van der Waals surface area contributed by atoms with Crippen LogP contribution < -0.4 is 10.1 Å². The second-order valence-corrected chi connectivity index (χ2v) is 8.00. The molecule has 3 N–H and O–H groups in total. The highest BCUT2D eigenvalue weighted by molar-refractivity contribution is 5.87. The van der Waals surface area contributed by atoms with Crippen LogP contribution in [0.25, 0.3) is 10.8 Å². The van der Waals surface area contributed by atoms with E-state index in [4.69, 9.17) is 19.7 Å². The molecule has 0 aliphatic heterocycles. The molecule has 9 heteroatoms. The zero-order chi connectivity index (χ0) is 23.9. The van der Waals surface area contributed by atoms with Crippen molar-refractivity contribution >= 4 is 22.7 Å². The Hall–Kier alpha value is -2.81. The van der Waals surface area contributed by atoms with Crippen LogP contribution in [-0.4, -0.2) is 40.5 Å². The van der Waals surface area contributed by atoms with Crippen molar-refractivity contribution < 1.29 is 37.7 Å². The molecule has 1 aliphatic rings. The van der Waals surface area contributed by atoms with Crippen molar-refractivity contribution in [3.63, 3.8) is 0 Å². The molecule has 0 atom stereocenters. The van der Waals surface area contributed by atoms with Gasteiger partial charge in [0.05, 0.1) is 12.0 Å². The van der Waals surface area contributed by atoms with Gasteiger partial charge < -0.3 is 20.3 Å². The van der Waals surface area contributed by atoms with E-state index in [1.807, 2.05) is 13.8 Å². The molecule has 6 nitrogen and oxygen atoms in total. The number of hydrogen-bond acceptors (Lipinski definition) is 4. The van der Waals surface area contributed by atoms with Crippen molar-refractivity contribution in [3.05, 3.63) is 42.0 Å². The van der Waals surface area contributed by atoms with Gasteiger partial charge in [-0.25, -0.2) is 4.79 Å². The maximum Gasteiger partial charge on any atom is 0.490 e. The van der Waals surface area contributed by atoms with E-state index in [0.717, 1.165) is 38.0 Å². The van der Waals surface area contributed by atoms with Crippen LogP contribution in [0.3, 0.4) is 0 Å². The summed E-state index contributed by atoms with van der Waals surface area (Å²) in [4.78, 5) is 20.0. The summed E-state index contributed by atoms with van der Waals surface area (Å²) in [6.45, 7) is 4.82. The number of aliphatic carboxylic acids is 2. The van der Waals surface area contributed by atoms with E-state index in [-0.39, 0.29) is 12.0 Å². The van der Waals surface area contributed by atoms with Gasteiger partial charge in [-0.15, -0.1) is 0 Å². The van der Waals surface area contributed by atoms with Gasteiger partial charge in [0.2, 0.25) is 0 Å². The average Bonchev–Trinajstić information content (AvgIpc) is 2.72. The minimum atomic E-state index is -5.08. The van der Waals surface area contributed by atoms with Gasteiger partial charge in [0.1, 0.15) is 5.75 Å². The molecule has 2 aromatic carbocycles. The van der Waals surface area contributed by atoms with E-state index in [9.17, 15) is 18.0 Å². The molecule has 176 valence electrons. The number of carbonyl (C=O) groups is 2. The van der Waals surface area contributed by atoms with Crippen molar-refractivity contribution in [2.24, 2.45) is 5.92 Å². The van der Waals surface area contributed by atoms with E-state index >= 15 is 0 Å². The third-order valence-electron chi connectivity index (χ3n) is 5.25. The summed E-state index contributed by atoms with van der Waals surface area (Å²) in [5, 5.41) is 22.3. The lowest BCUT2D eigenvalue weighted by molar-refractivity contribution is -0.192. The van der Waals surface area contributed by atoms with Gasteiger partial charge in [-0.2, -0.15) is 13.2 Å². The molecule has 1 aliphatic carbocycles. The molecule has 32 heavy (non-hydrogen) atoms. The van der Waals surface area contributed by atoms with E-state index < -0.39 is 18.1 Å². The zero-order valence-corrected chi connectivity index (χ0v) is 18.0. The Morgan fingerprint density at radius 1 is 1.06 bits per heavy atom. The molecule has 1 saturated carbocycles. The second-order valence-electron chi connectivity index (χ2n) is 8.00. The van der Waals surface area contributed by atoms with Gasteiger partial charge in [-0.3, -0.25) is 4.79 Å². The topological polar surface area (TPSA) is 95.9 Å². The fourth-order valence-electron chi connectivity index (χ4n) is 3.65. The summed E-state index contributed by atoms with van der Waals surface area (Å²) in [7, 11) is 0. The minimum absolute atomic E-state index is 0.130. The van der Waals surface area contributed by atoms with Crippen LogP contribution in [-0.2, 0) is 16.1 Å². The summed E-state index contributed by atoms with van der Waals surface area (Å²) in [5.41, 5.74) is 1.19. The second kappa shape index (κ2) is 11.2. The van der Waals surface area contributed by atoms with Gasteiger partial charge in [0.25, 0.3) is 0 Å². The summed E-state index contributed by atoms with van der Waals surface area (Å²) in [5.74, 6) is -2.65. The van der Waals surface area contributed by atoms with Gasteiger partial charge in [0.15, 0.2) is 0 Å². The van der Waals surface area contributed by atoms with E-state index in [2.05, 4.69) is 41.7 Å². The maximum atomic E-state index is 11.1. The van der Waals surface area contributed by atoms with Crippen LogP contribution in [0.2, 0.25) is 0 Å². The van der Waals surface area contributed by atoms with Gasteiger partial charge in [0, 0.05) is 18.2 Å². The highest BCUT2D eigenvalue weighted by Crippen LogP contribution is 2.30. The summed E-state index contributed by atoms with van der Waals surface area (Å²) in [6, 6.07) is 12.9. The van der Waals surface area contributed by atoms with Gasteiger partial charge in [-0.05, 0) is 56.4 Å². The van der Waals surface area contributed by atoms with Crippen LogP contribution in [0.1, 0.15) is 45.1 Å². The lowest BCUT2D eigenvalue weighted by Gasteiger charge is -2.27. The molecule has 0 amide bonds. The smallest absolute Gasteiger partial charge is 0.490 e. The predicted octanol–water partition coefficient (Wildman–Crippen LogP) is 4.99. The Balaban J connectivity index is 0.000000451. The number of carboxylic acids is 2. The van der Waals surface area contributed by atoms with Gasteiger partial charge >= 0.3 is 18.1 Å². The molecular formula is C23H28F3NO5. The van der Waals surface area contributed by atoms with Crippen molar-refractivity contribution in [1.82, 2.24) is 5.32 Å². The Kier molecular flexibility index (Phi) is 8.89. The van der Waals surface area contributed by atoms with E-state index in [1.165, 1.54) is 16.3 Å². The summed E-state index contributed by atoms with van der Waals surface area (Å²) in [6.07, 6.45) is -1.59. The molecular weight excluding hydrogens is 427 g/mol. The average molecular weight is 455 g/mol. The number of carboxylic acid groups (broad SMARTS) is 2. The number of alkyl halides is 3. The van der Waals surface area contributed by atoms with Crippen molar-refractivity contribution in [3.8, 4) is 5.75 Å². The lowest BCUT2D eigenvalue weighted by Crippen LogP contribution is -2.34. The minimum Gasteiger partial charge on any atom is -0.491 e. The normalized spacial score (nSPS) is 18.7. The number of halogens is 3. The van der Waals surface area contributed by atoms with Gasteiger partial charge in [-0.1, -0.05) is 30.3 Å². The van der Waals surface area contributed by atoms with Crippen molar-refractivity contribution in [1.29, 1.82) is 0 Å². The number of hydrogen-bond donors (Lipinski definition) is 3. The monoisotopic (exact) mass is 455 g/mol. The first-order valence-electron chi connectivity index (χ1n) is 10.4. The fraction of sp³-hybridized carbons (Fsp3) is 0.478. The van der Waals surface area contributed by atoms with E-state index in [1.54, 1.807) is 0 Å². The molecule has 0 heterocycles. The Labute approximate surface area is 184 Å². The highest BCUT2D eigenvalue weighted by Gasteiger charge is 2.38. The third-order valence-corrected chi connectivity index (χ3v) is 5.25. The molecule has 0 spiro atoms. The molecule has 0 radical (unpaired) electrons. The molecule has 0 unspecified atom stereocenters. The lowest BCUT2D eigenvalue weighted by atomic mass is 9.86. The molecule has 2 aromatic rings. The first kappa shape index (κ1) is 25.5. The maximum absolute atomic E-state index is 11.1. The number of fused-ring (bicyclic) bond motifs is 1. The van der Waals surface area contributed by atoms with Crippen LogP contribution in [0.15, 0.2) is 36.4 Å². The number of benzene rings is 2. The Morgan fingerprint density at radius 3 is 2.19 bits per heavy atom. The third kappa shape index (κ3) is 7.40. The first-order chi connectivity index (χ1) is 15.0. The molecule has 3 rings (SSSR count). The fourth-order valence-corrected chi connectivity index (χ4v) is 3.65. The van der Waals surface area contributed by atoms with Crippen molar-refractivity contribution in [2.45, 2.75) is 64.4 Å². The Morgan fingerprint density at radius 2 is 1.66 bits per heavy atom. The van der Waals surface area contributed by atoms with Crippen LogP contribution >= 0.6 is 0 Å². The predicted molar refractivity (Wildman–Crippen MR) is 114 cm³/mol. The van der Waals surface area contributed by atoms with Crippen LogP contribution in [0.4, 0.5) is 13.2 Å². The molecule has 0 saturated heterocycles. The summed E-state index contributed by atoms with van der Waals surface area (Å²) >= 11 is 0. The molecule has 1 fully saturated rings. The standard InChI is InChI=1S/C21H27NO3.C2HF3O2/c1-14(2)25-20-12-9-15-5-3-4-6-18(15)19(20)13-22-17-10-7-16(8-11-17)21(23)24;3-2(4,5)1(6)7/h3-6,9,12,14,16-17,22H,7-8,10-11,13H2,1-2H3,(H,23,24);(H,6,7). The van der Waals surface area contributed by atoms with E-state index in [0.29, 0.717) is 6.04 Å². The van der Waals surface area contributed by atoms with Crippen LogP contribution in [0.5, 0.6) is 5.75 Å². The Bertz CT molecular complexity index is 921. The van der Waals surface area contributed by atoms with Crippen LogP contribution in [0, 0.1) is 5.92 Å². The first-order valence-corrected chi connectivity index (χ1v) is 10.4.